The van der Waals surface area contributed by atoms with Crippen molar-refractivity contribution in [1.82, 2.24) is 20.4 Å². The second-order valence-electron chi connectivity index (χ2n) is 7.22. The molecule has 142 valence electrons. The molecule has 2 heterocycles. The van der Waals surface area contributed by atoms with Crippen LogP contribution in [0.4, 0.5) is 0 Å². The molecular formula is C20H30N4O2. The predicted octanol–water partition coefficient (Wildman–Crippen LogP) is 0.489. The number of likely N-dealkylation sites (tertiary alicyclic amines) is 1. The fourth-order valence-electron chi connectivity index (χ4n) is 3.72. The summed E-state index contributed by atoms with van der Waals surface area (Å²) in [4.78, 5) is 29.3. The molecule has 0 saturated carbocycles. The van der Waals surface area contributed by atoms with Crippen molar-refractivity contribution < 1.29 is 9.59 Å². The first kappa shape index (κ1) is 18.9. The van der Waals surface area contributed by atoms with Crippen LogP contribution in [-0.2, 0) is 16.0 Å². The van der Waals surface area contributed by atoms with Crippen LogP contribution in [0.1, 0.15) is 18.4 Å². The summed E-state index contributed by atoms with van der Waals surface area (Å²) in [5.41, 5.74) is 1.03. The summed E-state index contributed by atoms with van der Waals surface area (Å²) >= 11 is 0. The van der Waals surface area contributed by atoms with E-state index in [-0.39, 0.29) is 17.7 Å². The van der Waals surface area contributed by atoms with Gasteiger partial charge in [0, 0.05) is 52.4 Å². The average Bonchev–Trinajstić information content (AvgIpc) is 2.69. The van der Waals surface area contributed by atoms with Gasteiger partial charge in [0.2, 0.25) is 11.8 Å². The Balaban J connectivity index is 1.42. The molecule has 0 spiro atoms. The molecular weight excluding hydrogens is 328 g/mol. The molecule has 2 aliphatic rings. The third-order valence-electron chi connectivity index (χ3n) is 5.28. The Kier molecular flexibility index (Phi) is 7.03. The third kappa shape index (κ3) is 5.54. The fourth-order valence-corrected chi connectivity index (χ4v) is 3.72. The largest absolute Gasteiger partial charge is 0.355 e. The second kappa shape index (κ2) is 9.69. The molecule has 1 atom stereocenters. The number of rotatable bonds is 6. The number of carbonyl (C=O) groups excluding carboxylic acids is 2. The lowest BCUT2D eigenvalue weighted by molar-refractivity contribution is -0.135. The monoisotopic (exact) mass is 358 g/mol. The van der Waals surface area contributed by atoms with Gasteiger partial charge in [0.1, 0.15) is 0 Å². The second-order valence-corrected chi connectivity index (χ2v) is 7.22. The SMILES string of the molecule is O=C(NCCN1CCNCC1)C1CCCN(C(=O)Cc2ccccc2)C1. The van der Waals surface area contributed by atoms with E-state index in [0.29, 0.717) is 19.5 Å². The molecule has 6 heteroatoms. The highest BCUT2D eigenvalue weighted by Crippen LogP contribution is 2.18. The van der Waals surface area contributed by atoms with Crippen LogP contribution in [0, 0.1) is 5.92 Å². The van der Waals surface area contributed by atoms with Crippen LogP contribution in [-0.4, -0.2) is 74.0 Å². The molecule has 0 radical (unpaired) electrons. The van der Waals surface area contributed by atoms with E-state index in [4.69, 9.17) is 0 Å². The van der Waals surface area contributed by atoms with Crippen molar-refractivity contribution in [3.8, 4) is 0 Å². The number of piperidine rings is 1. The fraction of sp³-hybridized carbons (Fsp3) is 0.600. The first-order valence-electron chi connectivity index (χ1n) is 9.75. The van der Waals surface area contributed by atoms with E-state index in [2.05, 4.69) is 15.5 Å². The van der Waals surface area contributed by atoms with Crippen LogP contribution in [0.5, 0.6) is 0 Å². The lowest BCUT2D eigenvalue weighted by atomic mass is 9.96. The van der Waals surface area contributed by atoms with E-state index in [1.807, 2.05) is 35.2 Å². The zero-order valence-electron chi connectivity index (χ0n) is 15.5. The maximum Gasteiger partial charge on any atom is 0.227 e. The van der Waals surface area contributed by atoms with Crippen LogP contribution in [0.15, 0.2) is 30.3 Å². The van der Waals surface area contributed by atoms with Gasteiger partial charge in [-0.2, -0.15) is 0 Å². The van der Waals surface area contributed by atoms with Gasteiger partial charge in [0.05, 0.1) is 12.3 Å². The van der Waals surface area contributed by atoms with Gasteiger partial charge in [-0.15, -0.1) is 0 Å². The smallest absolute Gasteiger partial charge is 0.227 e. The minimum absolute atomic E-state index is 0.0773. The summed E-state index contributed by atoms with van der Waals surface area (Å²) in [7, 11) is 0. The summed E-state index contributed by atoms with van der Waals surface area (Å²) in [6.45, 7) is 7.03. The van der Waals surface area contributed by atoms with Gasteiger partial charge in [-0.25, -0.2) is 0 Å². The highest BCUT2D eigenvalue weighted by Gasteiger charge is 2.28. The number of hydrogen-bond acceptors (Lipinski definition) is 4. The zero-order chi connectivity index (χ0) is 18.2. The molecule has 0 aromatic heterocycles. The number of piperazine rings is 1. The first-order chi connectivity index (χ1) is 12.7. The molecule has 6 nitrogen and oxygen atoms in total. The lowest BCUT2D eigenvalue weighted by Gasteiger charge is -2.32. The minimum Gasteiger partial charge on any atom is -0.355 e. The van der Waals surface area contributed by atoms with Crippen LogP contribution in [0.25, 0.3) is 0 Å². The Morgan fingerprint density at radius 3 is 2.65 bits per heavy atom. The van der Waals surface area contributed by atoms with Gasteiger partial charge in [0.15, 0.2) is 0 Å². The van der Waals surface area contributed by atoms with Crippen molar-refractivity contribution in [2.45, 2.75) is 19.3 Å². The van der Waals surface area contributed by atoms with Crippen LogP contribution >= 0.6 is 0 Å². The Bertz CT molecular complexity index is 587. The van der Waals surface area contributed by atoms with E-state index in [1.54, 1.807) is 0 Å². The number of carbonyl (C=O) groups is 2. The molecule has 3 rings (SSSR count). The normalized spacial score (nSPS) is 21.4. The van der Waals surface area contributed by atoms with Crippen molar-refractivity contribution >= 4 is 11.8 Å². The summed E-state index contributed by atoms with van der Waals surface area (Å²) in [6.07, 6.45) is 2.18. The lowest BCUT2D eigenvalue weighted by Crippen LogP contribution is -2.48. The molecule has 0 bridgehead atoms. The Morgan fingerprint density at radius 2 is 1.88 bits per heavy atom. The van der Waals surface area contributed by atoms with E-state index in [0.717, 1.165) is 57.7 Å². The molecule has 2 aliphatic heterocycles. The predicted molar refractivity (Wildman–Crippen MR) is 102 cm³/mol. The Morgan fingerprint density at radius 1 is 1.12 bits per heavy atom. The van der Waals surface area contributed by atoms with Crippen LogP contribution < -0.4 is 10.6 Å². The number of nitrogens with zero attached hydrogens (tertiary/aromatic N) is 2. The van der Waals surface area contributed by atoms with Gasteiger partial charge in [-0.3, -0.25) is 14.5 Å². The van der Waals surface area contributed by atoms with E-state index in [9.17, 15) is 9.59 Å². The first-order valence-corrected chi connectivity index (χ1v) is 9.75. The van der Waals surface area contributed by atoms with Crippen molar-refractivity contribution in [2.24, 2.45) is 5.92 Å². The van der Waals surface area contributed by atoms with Gasteiger partial charge >= 0.3 is 0 Å². The van der Waals surface area contributed by atoms with Gasteiger partial charge in [-0.05, 0) is 18.4 Å². The van der Waals surface area contributed by atoms with Gasteiger partial charge in [-0.1, -0.05) is 30.3 Å². The summed E-state index contributed by atoms with van der Waals surface area (Å²) in [6, 6.07) is 9.81. The highest BCUT2D eigenvalue weighted by atomic mass is 16.2. The topological polar surface area (TPSA) is 64.7 Å². The zero-order valence-corrected chi connectivity index (χ0v) is 15.5. The van der Waals surface area contributed by atoms with E-state index >= 15 is 0 Å². The standard InChI is InChI=1S/C20H30N4O2/c25-19(15-17-5-2-1-3-6-17)24-11-4-7-18(16-24)20(26)22-10-14-23-12-8-21-9-13-23/h1-3,5-6,18,21H,4,7-16H2,(H,22,26). The Labute approximate surface area is 155 Å². The molecule has 2 N–H and O–H groups in total. The molecule has 2 saturated heterocycles. The van der Waals surface area contributed by atoms with Gasteiger partial charge < -0.3 is 15.5 Å². The van der Waals surface area contributed by atoms with Crippen molar-refractivity contribution in [3.05, 3.63) is 35.9 Å². The number of benzene rings is 1. The van der Waals surface area contributed by atoms with E-state index in [1.165, 1.54) is 0 Å². The Hall–Kier alpha value is -1.92. The molecule has 1 unspecified atom stereocenters. The number of amides is 2. The minimum atomic E-state index is -0.0773. The third-order valence-corrected chi connectivity index (χ3v) is 5.28. The van der Waals surface area contributed by atoms with Crippen LogP contribution in [0.2, 0.25) is 0 Å². The van der Waals surface area contributed by atoms with Crippen LogP contribution in [0.3, 0.4) is 0 Å². The molecule has 2 fully saturated rings. The van der Waals surface area contributed by atoms with Crippen molar-refractivity contribution in [1.29, 1.82) is 0 Å². The summed E-state index contributed by atoms with van der Waals surface area (Å²) in [5, 5.41) is 6.40. The number of nitrogens with one attached hydrogen (secondary N) is 2. The molecule has 1 aromatic rings. The molecule has 2 amide bonds. The maximum atomic E-state index is 12.5. The maximum absolute atomic E-state index is 12.5. The summed E-state index contributed by atoms with van der Waals surface area (Å²) < 4.78 is 0. The summed E-state index contributed by atoms with van der Waals surface area (Å²) in [5.74, 6) is 0.137. The highest BCUT2D eigenvalue weighted by molar-refractivity contribution is 5.82. The van der Waals surface area contributed by atoms with Crippen molar-refractivity contribution in [2.75, 3.05) is 52.4 Å². The molecule has 0 aliphatic carbocycles. The van der Waals surface area contributed by atoms with Gasteiger partial charge in [0.25, 0.3) is 0 Å². The number of hydrogen-bond donors (Lipinski definition) is 2. The van der Waals surface area contributed by atoms with Crippen molar-refractivity contribution in [3.63, 3.8) is 0 Å². The quantitative estimate of drug-likeness (QED) is 0.777. The van der Waals surface area contributed by atoms with E-state index < -0.39 is 0 Å². The average molecular weight is 358 g/mol. The molecule has 26 heavy (non-hydrogen) atoms. The molecule has 1 aromatic carbocycles.